The molecule has 8 heteroatoms. The van der Waals surface area contributed by atoms with Crippen LogP contribution >= 0.6 is 0 Å². The summed E-state index contributed by atoms with van der Waals surface area (Å²) in [5.41, 5.74) is 1.60. The fourth-order valence-electron chi connectivity index (χ4n) is 2.28. The van der Waals surface area contributed by atoms with Crippen LogP contribution in [0.15, 0.2) is 52.3 Å². The minimum atomic E-state index is -3.82. The van der Waals surface area contributed by atoms with Crippen molar-refractivity contribution in [1.82, 2.24) is 0 Å². The number of primary sulfonamides is 1. The van der Waals surface area contributed by atoms with Gasteiger partial charge in [-0.15, -0.1) is 0 Å². The summed E-state index contributed by atoms with van der Waals surface area (Å²) < 4.78 is 50.5. The van der Waals surface area contributed by atoms with Crippen LogP contribution in [0.3, 0.4) is 0 Å². The number of nitrogens with two attached hydrogens (primary N) is 1. The number of rotatable bonds is 4. The van der Waals surface area contributed by atoms with Crippen molar-refractivity contribution in [2.75, 3.05) is 4.72 Å². The van der Waals surface area contributed by atoms with Crippen LogP contribution in [-0.4, -0.2) is 16.8 Å². The Balaban J connectivity index is 2.40. The Morgan fingerprint density at radius 1 is 0.920 bits per heavy atom. The van der Waals surface area contributed by atoms with E-state index in [9.17, 15) is 16.8 Å². The average Bonchev–Trinajstić information content (AvgIpc) is 2.45. The molecule has 0 aliphatic heterocycles. The molecular formula is C17H22N2O4S2. The Morgan fingerprint density at radius 2 is 1.48 bits per heavy atom. The molecule has 136 valence electrons. The predicted molar refractivity (Wildman–Crippen MR) is 98.5 cm³/mol. The third-order valence-corrected chi connectivity index (χ3v) is 6.23. The van der Waals surface area contributed by atoms with E-state index in [2.05, 4.69) is 4.72 Å². The second-order valence-corrected chi connectivity index (χ2v) is 10.1. The fraction of sp³-hybridized carbons (Fsp3) is 0.294. The van der Waals surface area contributed by atoms with E-state index in [1.54, 1.807) is 19.1 Å². The van der Waals surface area contributed by atoms with E-state index in [1.165, 1.54) is 24.3 Å². The molecule has 0 fully saturated rings. The summed E-state index contributed by atoms with van der Waals surface area (Å²) in [5, 5.41) is 5.04. The van der Waals surface area contributed by atoms with E-state index in [1.807, 2.05) is 26.8 Å². The summed E-state index contributed by atoms with van der Waals surface area (Å²) in [6, 6.07) is 10.6. The smallest absolute Gasteiger partial charge is 0.262 e. The van der Waals surface area contributed by atoms with Gasteiger partial charge in [-0.3, -0.25) is 4.72 Å². The summed E-state index contributed by atoms with van der Waals surface area (Å²) in [4.78, 5) is 0.108. The molecule has 0 saturated carbocycles. The third-order valence-electron chi connectivity index (χ3n) is 3.78. The second-order valence-electron chi connectivity index (χ2n) is 6.91. The van der Waals surface area contributed by atoms with Crippen molar-refractivity contribution in [1.29, 1.82) is 0 Å². The first-order valence-electron chi connectivity index (χ1n) is 7.57. The maximum absolute atomic E-state index is 12.7. The molecule has 0 radical (unpaired) electrons. The van der Waals surface area contributed by atoms with Gasteiger partial charge >= 0.3 is 0 Å². The van der Waals surface area contributed by atoms with Gasteiger partial charge in [0.15, 0.2) is 0 Å². The first-order chi connectivity index (χ1) is 11.3. The van der Waals surface area contributed by atoms with E-state index in [-0.39, 0.29) is 20.9 Å². The molecule has 0 atom stereocenters. The highest BCUT2D eigenvalue weighted by atomic mass is 32.2. The SMILES string of the molecule is Cc1ccc(C(C)(C)C)cc1S(=O)(=O)Nc1ccc(S(N)(=O)=O)cc1. The van der Waals surface area contributed by atoms with Crippen molar-refractivity contribution < 1.29 is 16.8 Å². The van der Waals surface area contributed by atoms with Crippen LogP contribution in [0, 0.1) is 6.92 Å². The lowest BCUT2D eigenvalue weighted by atomic mass is 9.87. The monoisotopic (exact) mass is 382 g/mol. The normalized spacial score (nSPS) is 12.8. The Hall–Kier alpha value is -1.90. The molecular weight excluding hydrogens is 360 g/mol. The average molecular weight is 383 g/mol. The van der Waals surface area contributed by atoms with Crippen LogP contribution in [0.1, 0.15) is 31.9 Å². The molecule has 6 nitrogen and oxygen atoms in total. The van der Waals surface area contributed by atoms with Crippen molar-refractivity contribution >= 4 is 25.7 Å². The van der Waals surface area contributed by atoms with Crippen LogP contribution in [-0.2, 0) is 25.5 Å². The second kappa shape index (κ2) is 6.44. The number of benzene rings is 2. The molecule has 0 unspecified atom stereocenters. The largest absolute Gasteiger partial charge is 0.280 e. The van der Waals surface area contributed by atoms with Crippen LogP contribution in [0.4, 0.5) is 5.69 Å². The van der Waals surface area contributed by atoms with Crippen LogP contribution in [0.2, 0.25) is 0 Å². The highest BCUT2D eigenvalue weighted by molar-refractivity contribution is 7.92. The van der Waals surface area contributed by atoms with E-state index in [0.29, 0.717) is 5.56 Å². The van der Waals surface area contributed by atoms with Gasteiger partial charge in [0.05, 0.1) is 9.79 Å². The molecule has 2 aromatic rings. The van der Waals surface area contributed by atoms with E-state index >= 15 is 0 Å². The van der Waals surface area contributed by atoms with Gasteiger partial charge in [0.25, 0.3) is 10.0 Å². The van der Waals surface area contributed by atoms with E-state index in [4.69, 9.17) is 5.14 Å². The molecule has 0 saturated heterocycles. The molecule has 0 aliphatic rings. The standard InChI is InChI=1S/C17H22N2O4S2/c1-12-5-6-13(17(2,3)4)11-16(12)25(22,23)19-14-7-9-15(10-8-14)24(18,20)21/h5-11,19H,1-4H3,(H2,18,20,21). The highest BCUT2D eigenvalue weighted by Gasteiger charge is 2.21. The number of aryl methyl sites for hydroxylation is 1. The van der Waals surface area contributed by atoms with Gasteiger partial charge in [0.2, 0.25) is 10.0 Å². The molecule has 25 heavy (non-hydrogen) atoms. The van der Waals surface area contributed by atoms with Gasteiger partial charge in [0, 0.05) is 5.69 Å². The number of sulfonamides is 2. The third kappa shape index (κ3) is 4.59. The maximum atomic E-state index is 12.7. The summed E-state index contributed by atoms with van der Waals surface area (Å²) >= 11 is 0. The van der Waals surface area contributed by atoms with E-state index < -0.39 is 20.0 Å². The molecule has 2 rings (SSSR count). The van der Waals surface area contributed by atoms with Crippen LogP contribution in [0.25, 0.3) is 0 Å². The van der Waals surface area contributed by atoms with Crippen molar-refractivity contribution in [3.8, 4) is 0 Å². The van der Waals surface area contributed by atoms with Gasteiger partial charge in [0.1, 0.15) is 0 Å². The zero-order chi connectivity index (χ0) is 19.0. The van der Waals surface area contributed by atoms with Gasteiger partial charge in [-0.25, -0.2) is 22.0 Å². The molecule has 0 heterocycles. The lowest BCUT2D eigenvalue weighted by Crippen LogP contribution is -2.17. The molecule has 3 N–H and O–H groups in total. The quantitative estimate of drug-likeness (QED) is 0.848. The number of nitrogens with one attached hydrogen (secondary N) is 1. The Kier molecular flexibility index (Phi) is 5.00. The lowest BCUT2D eigenvalue weighted by molar-refractivity contribution is 0.584. The minimum Gasteiger partial charge on any atom is -0.280 e. The topological polar surface area (TPSA) is 106 Å². The van der Waals surface area contributed by atoms with Crippen molar-refractivity contribution in [3.05, 3.63) is 53.6 Å². The summed E-state index contributed by atoms with van der Waals surface area (Å²) in [6.07, 6.45) is 0. The summed E-state index contributed by atoms with van der Waals surface area (Å²) in [7, 11) is -7.63. The van der Waals surface area contributed by atoms with Crippen molar-refractivity contribution in [2.45, 2.75) is 42.9 Å². The van der Waals surface area contributed by atoms with Crippen LogP contribution < -0.4 is 9.86 Å². The molecule has 0 amide bonds. The van der Waals surface area contributed by atoms with Crippen molar-refractivity contribution in [3.63, 3.8) is 0 Å². The van der Waals surface area contributed by atoms with Crippen LogP contribution in [0.5, 0.6) is 0 Å². The van der Waals surface area contributed by atoms with Gasteiger partial charge in [-0.1, -0.05) is 32.9 Å². The molecule has 0 spiro atoms. The Morgan fingerprint density at radius 3 is 1.96 bits per heavy atom. The highest BCUT2D eigenvalue weighted by Crippen LogP contribution is 2.28. The minimum absolute atomic E-state index is 0.0821. The molecule has 0 aliphatic carbocycles. The predicted octanol–water partition coefficient (Wildman–Crippen LogP) is 2.74. The zero-order valence-electron chi connectivity index (χ0n) is 14.6. The van der Waals surface area contributed by atoms with Crippen molar-refractivity contribution in [2.24, 2.45) is 5.14 Å². The molecule has 2 aromatic carbocycles. The van der Waals surface area contributed by atoms with Gasteiger partial charge in [-0.2, -0.15) is 0 Å². The van der Waals surface area contributed by atoms with Gasteiger partial charge < -0.3 is 0 Å². The summed E-state index contributed by atoms with van der Waals surface area (Å²) in [6.45, 7) is 7.75. The number of hydrogen-bond acceptors (Lipinski definition) is 4. The first-order valence-corrected chi connectivity index (χ1v) is 10.6. The first kappa shape index (κ1) is 19.4. The number of anilines is 1. The van der Waals surface area contributed by atoms with Gasteiger partial charge in [-0.05, 0) is 53.8 Å². The summed E-state index contributed by atoms with van der Waals surface area (Å²) in [5.74, 6) is 0. The Labute approximate surface area is 149 Å². The molecule has 0 aromatic heterocycles. The fourth-order valence-corrected chi connectivity index (χ4v) is 4.12. The van der Waals surface area contributed by atoms with E-state index in [0.717, 1.165) is 5.56 Å². The lowest BCUT2D eigenvalue weighted by Gasteiger charge is -2.21. The Bertz CT molecular complexity index is 988. The maximum Gasteiger partial charge on any atom is 0.262 e. The zero-order valence-corrected chi connectivity index (χ0v) is 16.2. The molecule has 0 bridgehead atoms. The number of hydrogen-bond donors (Lipinski definition) is 2.